The van der Waals surface area contributed by atoms with Crippen LogP contribution >= 0.6 is 0 Å². The summed E-state index contributed by atoms with van der Waals surface area (Å²) in [6, 6.07) is 11.1. The SMILES string of the molecule is C.Cc1ccc2c(c1)N(CCCS(=O)(=O)[O-])C(=CC=CC1=[N+](CCCS(=O)(=O)O)c3cccc(C(=O)O)c3C1(C)C)C2(C)C. The fourth-order valence-corrected chi connectivity index (χ4v) is 7.28. The molecule has 0 fully saturated rings. The molecule has 0 aromatic heterocycles. The van der Waals surface area contributed by atoms with Crippen LogP contribution in [-0.2, 0) is 31.1 Å². The number of aromatic carboxylic acids is 1. The second kappa shape index (κ2) is 12.6. The zero-order chi connectivity index (χ0) is 32.0. The first kappa shape index (κ1) is 35.2. The van der Waals surface area contributed by atoms with Crippen LogP contribution < -0.4 is 4.90 Å². The zero-order valence-corrected chi connectivity index (χ0v) is 26.6. The van der Waals surface area contributed by atoms with Gasteiger partial charge in [0, 0.05) is 47.7 Å². The summed E-state index contributed by atoms with van der Waals surface area (Å²) in [5, 5.41) is 9.94. The molecule has 0 saturated carbocycles. The van der Waals surface area contributed by atoms with Crippen molar-refractivity contribution in [3.8, 4) is 0 Å². The Hall–Kier alpha value is -3.32. The van der Waals surface area contributed by atoms with Crippen LogP contribution in [0.1, 0.15) is 75.0 Å². The van der Waals surface area contributed by atoms with Crippen LogP contribution in [0, 0.1) is 6.92 Å². The molecule has 0 unspecified atom stereocenters. The summed E-state index contributed by atoms with van der Waals surface area (Å²) in [4.78, 5) is 14.2. The molecule has 2 N–H and O–H groups in total. The van der Waals surface area contributed by atoms with E-state index in [1.807, 2.05) is 60.6 Å². The van der Waals surface area contributed by atoms with E-state index in [1.54, 1.807) is 18.2 Å². The van der Waals surface area contributed by atoms with Crippen molar-refractivity contribution in [3.05, 3.63) is 82.6 Å². The smallest absolute Gasteiger partial charge is 0.336 e. The van der Waals surface area contributed by atoms with E-state index in [2.05, 4.69) is 19.9 Å². The van der Waals surface area contributed by atoms with Crippen LogP contribution in [0.4, 0.5) is 11.4 Å². The largest absolute Gasteiger partial charge is 0.748 e. The van der Waals surface area contributed by atoms with Gasteiger partial charge in [-0.15, -0.1) is 0 Å². The number of carbonyl (C=O) groups is 1. The Kier molecular flexibility index (Phi) is 10.1. The van der Waals surface area contributed by atoms with E-state index in [-0.39, 0.29) is 32.4 Å². The number of carboxylic acids is 1. The quantitative estimate of drug-likeness (QED) is 0.249. The van der Waals surface area contributed by atoms with Gasteiger partial charge in [-0.05, 0) is 56.5 Å². The summed E-state index contributed by atoms with van der Waals surface area (Å²) in [5.41, 5.74) is 4.99. The first-order valence-electron chi connectivity index (χ1n) is 14.0. The van der Waals surface area contributed by atoms with E-state index >= 15 is 0 Å². The summed E-state index contributed by atoms with van der Waals surface area (Å²) < 4.78 is 68.0. The van der Waals surface area contributed by atoms with Crippen LogP contribution in [0.5, 0.6) is 0 Å². The molecule has 12 heteroatoms. The van der Waals surface area contributed by atoms with E-state index in [0.717, 1.165) is 28.2 Å². The number of aryl methyl sites for hydroxylation is 1. The van der Waals surface area contributed by atoms with Gasteiger partial charge in [-0.2, -0.15) is 13.0 Å². The molecule has 2 aromatic carbocycles. The van der Waals surface area contributed by atoms with Gasteiger partial charge in [0.2, 0.25) is 5.69 Å². The van der Waals surface area contributed by atoms with E-state index in [1.165, 1.54) is 0 Å². The maximum atomic E-state index is 12.2. The molecule has 2 aliphatic rings. The Morgan fingerprint density at radius 3 is 2.32 bits per heavy atom. The number of benzene rings is 2. The lowest BCUT2D eigenvalue weighted by Gasteiger charge is -2.27. The standard InChI is InChI=1S/C31H38N2O8S2.CH4/c1-21-14-15-23-25(20-21)33(17-9-19-43(39,40)41)26(30(23,2)3)12-7-13-27-31(4,5)28-22(29(34)35)10-6-11-24(28)32(27)16-8-18-42(36,37)38;/h6-7,10-15,20H,8-9,16-19H2,1-5H3,(H2-,34,35,36,37,38,39,40,41);1H4. The third-order valence-electron chi connectivity index (χ3n) is 8.24. The molecule has 2 heterocycles. The minimum Gasteiger partial charge on any atom is -0.748 e. The summed E-state index contributed by atoms with van der Waals surface area (Å²) in [5.74, 6) is -1.96. The number of hydrogen-bond donors (Lipinski definition) is 2. The molecule has 10 nitrogen and oxygen atoms in total. The van der Waals surface area contributed by atoms with Crippen molar-refractivity contribution >= 4 is 43.3 Å². The molecule has 4 rings (SSSR count). The van der Waals surface area contributed by atoms with Gasteiger partial charge in [0.15, 0.2) is 5.71 Å². The van der Waals surface area contributed by atoms with Crippen LogP contribution in [0.3, 0.4) is 0 Å². The number of hydrogen-bond acceptors (Lipinski definition) is 7. The fourth-order valence-electron chi connectivity index (χ4n) is 6.31. The second-order valence-corrected chi connectivity index (χ2v) is 15.2. The van der Waals surface area contributed by atoms with E-state index in [0.29, 0.717) is 17.8 Å². The van der Waals surface area contributed by atoms with Crippen molar-refractivity contribution in [2.45, 2.75) is 65.7 Å². The van der Waals surface area contributed by atoms with Crippen molar-refractivity contribution in [2.75, 3.05) is 29.5 Å². The topological polar surface area (TPSA) is 155 Å². The highest BCUT2D eigenvalue weighted by Gasteiger charge is 2.47. The lowest BCUT2D eigenvalue weighted by molar-refractivity contribution is -0.437. The fraction of sp³-hybridized carbons (Fsp3) is 0.438. The van der Waals surface area contributed by atoms with Gasteiger partial charge >= 0.3 is 5.97 Å². The highest BCUT2D eigenvalue weighted by atomic mass is 32.2. The maximum Gasteiger partial charge on any atom is 0.336 e. The van der Waals surface area contributed by atoms with Crippen molar-refractivity contribution in [3.63, 3.8) is 0 Å². The molecule has 0 bridgehead atoms. The number of carboxylic acid groups (broad SMARTS) is 1. The van der Waals surface area contributed by atoms with Gasteiger partial charge in [-0.1, -0.05) is 45.5 Å². The van der Waals surface area contributed by atoms with Crippen molar-refractivity contribution in [1.82, 2.24) is 0 Å². The Bertz CT molecular complexity index is 1770. The Balaban J connectivity index is 0.00000529. The zero-order valence-electron chi connectivity index (χ0n) is 25.0. The third kappa shape index (κ3) is 7.14. The van der Waals surface area contributed by atoms with Gasteiger partial charge in [0.05, 0.1) is 32.4 Å². The Morgan fingerprint density at radius 1 is 1.02 bits per heavy atom. The summed E-state index contributed by atoms with van der Waals surface area (Å²) in [7, 11) is -8.54. The van der Waals surface area contributed by atoms with Gasteiger partial charge in [0.1, 0.15) is 6.54 Å². The second-order valence-electron chi connectivity index (χ2n) is 12.1. The third-order valence-corrected chi connectivity index (χ3v) is 9.83. The Morgan fingerprint density at radius 2 is 1.70 bits per heavy atom. The number of nitrogens with zero attached hydrogens (tertiary/aromatic N) is 2. The molecule has 240 valence electrons. The van der Waals surface area contributed by atoms with Crippen molar-refractivity contribution < 1.29 is 40.4 Å². The molecule has 0 aliphatic carbocycles. The van der Waals surface area contributed by atoms with Gasteiger partial charge < -0.3 is 14.6 Å². The molecule has 44 heavy (non-hydrogen) atoms. The van der Waals surface area contributed by atoms with Gasteiger partial charge in [0.25, 0.3) is 10.1 Å². The van der Waals surface area contributed by atoms with E-state index in [4.69, 9.17) is 0 Å². The molecule has 2 aliphatic heterocycles. The van der Waals surface area contributed by atoms with Gasteiger partial charge in [-0.3, -0.25) is 4.55 Å². The lowest BCUT2D eigenvalue weighted by Crippen LogP contribution is -2.30. The number of fused-ring (bicyclic) bond motifs is 2. The highest BCUT2D eigenvalue weighted by molar-refractivity contribution is 7.85. The number of allylic oxidation sites excluding steroid dienone is 4. The molecular formula is C32H42N2O8S2. The molecular weight excluding hydrogens is 604 g/mol. The van der Waals surface area contributed by atoms with E-state index < -0.39 is 48.5 Å². The van der Waals surface area contributed by atoms with Crippen LogP contribution in [0.25, 0.3) is 0 Å². The first-order valence-corrected chi connectivity index (χ1v) is 17.2. The van der Waals surface area contributed by atoms with Crippen molar-refractivity contribution in [2.24, 2.45) is 0 Å². The molecule has 0 saturated heterocycles. The number of anilines is 1. The molecule has 0 spiro atoms. The minimum atomic E-state index is -4.36. The first-order chi connectivity index (χ1) is 19.8. The van der Waals surface area contributed by atoms with E-state index in [9.17, 15) is 35.8 Å². The molecule has 2 aromatic rings. The molecule has 0 atom stereocenters. The minimum absolute atomic E-state index is 0. The lowest BCUT2D eigenvalue weighted by atomic mass is 9.79. The highest BCUT2D eigenvalue weighted by Crippen LogP contribution is 2.48. The van der Waals surface area contributed by atoms with Crippen molar-refractivity contribution in [1.29, 1.82) is 0 Å². The maximum absolute atomic E-state index is 12.2. The molecule has 0 amide bonds. The van der Waals surface area contributed by atoms with Crippen LogP contribution in [0.2, 0.25) is 0 Å². The normalized spacial score (nSPS) is 18.1. The van der Waals surface area contributed by atoms with Gasteiger partial charge in [-0.25, -0.2) is 13.2 Å². The average Bonchev–Trinajstić information content (AvgIpc) is 3.21. The predicted octanol–water partition coefficient (Wildman–Crippen LogP) is 5.16. The summed E-state index contributed by atoms with van der Waals surface area (Å²) in [6.45, 7) is 10.5. The monoisotopic (exact) mass is 646 g/mol. The number of rotatable bonds is 11. The summed E-state index contributed by atoms with van der Waals surface area (Å²) >= 11 is 0. The Labute approximate surface area is 260 Å². The van der Waals surface area contributed by atoms with Crippen LogP contribution in [0.15, 0.2) is 60.3 Å². The average molecular weight is 647 g/mol. The predicted molar refractivity (Wildman–Crippen MR) is 172 cm³/mol. The van der Waals surface area contributed by atoms with Crippen LogP contribution in [-0.4, -0.2) is 71.9 Å². The molecule has 0 radical (unpaired) electrons. The summed E-state index contributed by atoms with van der Waals surface area (Å²) in [6.07, 6.45) is 5.99.